The molecule has 8 nitrogen and oxygen atoms in total. The first-order valence-corrected chi connectivity index (χ1v) is 10.6. The van der Waals surface area contributed by atoms with Crippen LogP contribution in [0.5, 0.6) is 5.75 Å². The number of rotatable bonds is 5. The van der Waals surface area contributed by atoms with Crippen LogP contribution < -0.4 is 4.89 Å². The van der Waals surface area contributed by atoms with E-state index >= 15 is 0 Å². The molecule has 2 aromatic rings. The Bertz CT molecular complexity index is 977. The maximum Gasteiger partial charge on any atom is 0.410 e. The third kappa shape index (κ3) is 5.62. The average Bonchev–Trinajstić information content (AvgIpc) is 3.15. The summed E-state index contributed by atoms with van der Waals surface area (Å²) >= 11 is 1.39. The number of ether oxygens (including phenoxy) is 1. The molecule has 2 radical (unpaired) electrons. The number of likely N-dealkylation sites (N-methyl/N-ethyl adjacent to an activating group) is 1. The maximum atomic E-state index is 12.8. The standard InChI is InChI=1S/C22H24N2O6S/c1-22(2,3)29-21(27)24-10-9-18-15(12-24)11-19(31-18)20(26)23(4)13-17(25)14-5-7-16(30-28)8-6-14/h5-7,11H,9-10,12-13H2,1-4H3. The van der Waals surface area contributed by atoms with Crippen LogP contribution in [0.2, 0.25) is 0 Å². The summed E-state index contributed by atoms with van der Waals surface area (Å²) in [5.74, 6) is -0.549. The Balaban J connectivity index is 1.64. The minimum atomic E-state index is -0.567. The number of nitrogens with zero attached hydrogens (tertiary/aromatic N) is 2. The monoisotopic (exact) mass is 444 g/mol. The molecule has 1 aliphatic rings. The molecule has 0 saturated carbocycles. The highest BCUT2D eigenvalue weighted by Gasteiger charge is 2.28. The maximum absolute atomic E-state index is 12.8. The van der Waals surface area contributed by atoms with Gasteiger partial charge in [-0.3, -0.25) is 9.59 Å². The number of hydrogen-bond acceptors (Lipinski definition) is 6. The largest absolute Gasteiger partial charge is 0.444 e. The van der Waals surface area contributed by atoms with E-state index in [-0.39, 0.29) is 30.1 Å². The zero-order valence-corrected chi connectivity index (χ0v) is 18.7. The lowest BCUT2D eigenvalue weighted by Crippen LogP contribution is -2.39. The summed E-state index contributed by atoms with van der Waals surface area (Å²) in [6.07, 6.45) is 0.282. The molecule has 3 rings (SSSR count). The molecule has 1 aromatic heterocycles. The average molecular weight is 445 g/mol. The van der Waals surface area contributed by atoms with Crippen molar-refractivity contribution in [1.29, 1.82) is 0 Å². The molecule has 0 atom stereocenters. The lowest BCUT2D eigenvalue weighted by molar-refractivity contribution is -0.208. The smallest absolute Gasteiger partial charge is 0.410 e. The van der Waals surface area contributed by atoms with E-state index < -0.39 is 5.60 Å². The molecule has 31 heavy (non-hydrogen) atoms. The van der Waals surface area contributed by atoms with Gasteiger partial charge in [0.1, 0.15) is 5.60 Å². The molecule has 2 amide bonds. The molecular weight excluding hydrogens is 420 g/mol. The molecule has 0 saturated heterocycles. The Morgan fingerprint density at radius 2 is 2.00 bits per heavy atom. The first-order chi connectivity index (χ1) is 14.6. The number of benzene rings is 1. The van der Waals surface area contributed by atoms with Crippen molar-refractivity contribution in [3.63, 3.8) is 0 Å². The second-order valence-corrected chi connectivity index (χ2v) is 9.46. The van der Waals surface area contributed by atoms with E-state index in [1.807, 2.05) is 20.8 Å². The second-order valence-electron chi connectivity index (χ2n) is 8.32. The summed E-state index contributed by atoms with van der Waals surface area (Å²) in [5.41, 5.74) is 0.689. The van der Waals surface area contributed by atoms with Crippen LogP contribution >= 0.6 is 11.3 Å². The lowest BCUT2D eigenvalue weighted by atomic mass is 10.1. The number of ketones is 1. The molecule has 0 fully saturated rings. The van der Waals surface area contributed by atoms with E-state index in [1.165, 1.54) is 34.4 Å². The fourth-order valence-electron chi connectivity index (χ4n) is 3.12. The van der Waals surface area contributed by atoms with Crippen molar-refractivity contribution in [2.24, 2.45) is 0 Å². The molecule has 9 heteroatoms. The molecule has 0 unspecified atom stereocenters. The number of thiophene rings is 1. The van der Waals surface area contributed by atoms with Gasteiger partial charge in [-0.25, -0.2) is 4.79 Å². The van der Waals surface area contributed by atoms with Crippen LogP contribution in [0.25, 0.3) is 0 Å². The molecule has 164 valence electrons. The fourth-order valence-corrected chi connectivity index (χ4v) is 4.28. The Kier molecular flexibility index (Phi) is 6.66. The summed E-state index contributed by atoms with van der Waals surface area (Å²) in [6, 6.07) is 8.52. The molecule has 1 aliphatic heterocycles. The van der Waals surface area contributed by atoms with Crippen molar-refractivity contribution in [2.45, 2.75) is 39.3 Å². The highest BCUT2D eigenvalue weighted by atomic mass is 32.1. The van der Waals surface area contributed by atoms with Gasteiger partial charge in [-0.1, -0.05) is 0 Å². The van der Waals surface area contributed by atoms with Crippen LogP contribution in [0.4, 0.5) is 4.79 Å². The third-order valence-electron chi connectivity index (χ3n) is 4.65. The van der Waals surface area contributed by atoms with Gasteiger partial charge in [0.25, 0.3) is 5.91 Å². The summed E-state index contributed by atoms with van der Waals surface area (Å²) in [5, 5.41) is 10.3. The normalized spacial score (nSPS) is 13.4. The summed E-state index contributed by atoms with van der Waals surface area (Å²) in [4.78, 5) is 46.0. The van der Waals surface area contributed by atoms with Gasteiger partial charge in [0.05, 0.1) is 18.0 Å². The molecule has 1 aromatic carbocycles. The van der Waals surface area contributed by atoms with E-state index in [1.54, 1.807) is 18.0 Å². The lowest BCUT2D eigenvalue weighted by Gasteiger charge is -2.29. The summed E-state index contributed by atoms with van der Waals surface area (Å²) < 4.78 is 5.44. The number of carbonyl (C=O) groups excluding carboxylic acids is 3. The van der Waals surface area contributed by atoms with Crippen LogP contribution in [-0.4, -0.2) is 53.3 Å². The van der Waals surface area contributed by atoms with Crippen molar-refractivity contribution >= 4 is 29.1 Å². The van der Waals surface area contributed by atoms with Crippen LogP contribution in [0.1, 0.15) is 51.2 Å². The number of fused-ring (bicyclic) bond motifs is 1. The summed E-state index contributed by atoms with van der Waals surface area (Å²) in [7, 11) is 1.56. The fraction of sp³-hybridized carbons (Fsp3) is 0.409. The number of hydrogen-bond donors (Lipinski definition) is 0. The SMILES string of the molecule is CN(CC(=O)c1c[c]c(O[O])cc1)C(=O)c1cc2c(s1)CCN(C(=O)OC(C)(C)C)C2. The van der Waals surface area contributed by atoms with Crippen LogP contribution in [0.15, 0.2) is 24.3 Å². The molecule has 0 spiro atoms. The van der Waals surface area contributed by atoms with Gasteiger partial charge in [-0.15, -0.1) is 11.3 Å². The topological polar surface area (TPSA) is 96.0 Å². The van der Waals surface area contributed by atoms with E-state index in [4.69, 9.17) is 4.74 Å². The molecule has 2 heterocycles. The number of carbonyl (C=O) groups is 3. The van der Waals surface area contributed by atoms with Crippen LogP contribution in [-0.2, 0) is 23.0 Å². The highest BCUT2D eigenvalue weighted by molar-refractivity contribution is 7.14. The first kappa shape index (κ1) is 22.8. The highest BCUT2D eigenvalue weighted by Crippen LogP contribution is 2.29. The van der Waals surface area contributed by atoms with Gasteiger partial charge in [-0.2, -0.15) is 0 Å². The third-order valence-corrected chi connectivity index (χ3v) is 5.88. The van der Waals surface area contributed by atoms with Crippen LogP contribution in [0.3, 0.4) is 0 Å². The van der Waals surface area contributed by atoms with E-state index in [2.05, 4.69) is 11.0 Å². The first-order valence-electron chi connectivity index (χ1n) is 9.77. The van der Waals surface area contributed by atoms with Crippen LogP contribution in [0, 0.1) is 6.07 Å². The minimum absolute atomic E-state index is 0.00873. The molecule has 0 aliphatic carbocycles. The molecule has 0 N–H and O–H groups in total. The predicted octanol–water partition coefficient (Wildman–Crippen LogP) is 3.52. The molecule has 0 bridgehead atoms. The van der Waals surface area contributed by atoms with Crippen molar-refractivity contribution in [1.82, 2.24) is 9.80 Å². The van der Waals surface area contributed by atoms with Gasteiger partial charge in [-0.05, 0) is 57.0 Å². The van der Waals surface area contributed by atoms with Gasteiger partial charge in [0.15, 0.2) is 11.5 Å². The predicted molar refractivity (Wildman–Crippen MR) is 113 cm³/mol. The van der Waals surface area contributed by atoms with E-state index in [0.29, 0.717) is 30.0 Å². The number of amides is 2. The zero-order chi connectivity index (χ0) is 22.8. The van der Waals surface area contributed by atoms with Crippen molar-refractivity contribution in [3.05, 3.63) is 51.2 Å². The Morgan fingerprint density at radius 1 is 1.26 bits per heavy atom. The Labute approximate surface area is 184 Å². The Hall–Kier alpha value is -2.91. The van der Waals surface area contributed by atoms with Gasteiger partial charge in [0.2, 0.25) is 0 Å². The van der Waals surface area contributed by atoms with Crippen molar-refractivity contribution in [3.8, 4) is 5.75 Å². The minimum Gasteiger partial charge on any atom is -0.444 e. The summed E-state index contributed by atoms with van der Waals surface area (Å²) in [6.45, 7) is 6.27. The van der Waals surface area contributed by atoms with E-state index in [9.17, 15) is 19.6 Å². The van der Waals surface area contributed by atoms with Crippen molar-refractivity contribution in [2.75, 3.05) is 20.1 Å². The van der Waals surface area contributed by atoms with Gasteiger partial charge >= 0.3 is 6.09 Å². The van der Waals surface area contributed by atoms with Crippen molar-refractivity contribution < 1.29 is 29.3 Å². The van der Waals surface area contributed by atoms with Gasteiger partial charge < -0.3 is 19.4 Å². The molecular formula is C22H24N2O6S. The van der Waals surface area contributed by atoms with E-state index in [0.717, 1.165) is 10.4 Å². The zero-order valence-electron chi connectivity index (χ0n) is 17.9. The number of Topliss-reactive ketones (excluding diaryl/α,β-unsaturated/α-hetero) is 1. The van der Waals surface area contributed by atoms with Gasteiger partial charge in [0, 0.05) is 35.4 Å². The second kappa shape index (κ2) is 9.07. The Morgan fingerprint density at radius 3 is 2.61 bits per heavy atom. The quantitative estimate of drug-likeness (QED) is 0.399.